The fourth-order valence-corrected chi connectivity index (χ4v) is 2.48. The molecule has 0 saturated heterocycles. The molecule has 0 bridgehead atoms. The van der Waals surface area contributed by atoms with Gasteiger partial charge in [-0.1, -0.05) is 12.5 Å². The molecule has 0 amide bonds. The summed E-state index contributed by atoms with van der Waals surface area (Å²) in [6, 6.07) is 5.44. The fraction of sp³-hybridized carbons (Fsp3) is 0.600. The Bertz CT molecular complexity index is 484. The Morgan fingerprint density at radius 3 is 2.55 bits per heavy atom. The van der Waals surface area contributed by atoms with Crippen molar-refractivity contribution >= 4 is 11.4 Å². The Balaban J connectivity index is 2.24. The summed E-state index contributed by atoms with van der Waals surface area (Å²) in [7, 11) is 0. The first-order chi connectivity index (χ1) is 9.49. The van der Waals surface area contributed by atoms with Crippen LogP contribution in [0.1, 0.15) is 40.0 Å². The van der Waals surface area contributed by atoms with E-state index in [2.05, 4.69) is 12.2 Å². The summed E-state index contributed by atoms with van der Waals surface area (Å²) in [5.41, 5.74) is 0.583. The molecule has 1 unspecified atom stereocenters. The molecule has 0 heterocycles. The molecule has 1 aromatic rings. The SMILES string of the molecule is CC(C)Oc1cccc(NC(C)C2CCC2)c1[N+](=O)[O-]. The number of para-hydroxylation sites is 1. The van der Waals surface area contributed by atoms with Crippen molar-refractivity contribution in [2.24, 2.45) is 5.92 Å². The first-order valence-corrected chi connectivity index (χ1v) is 7.19. The van der Waals surface area contributed by atoms with Gasteiger partial charge in [-0.2, -0.15) is 0 Å². The number of nitrogens with zero attached hydrogens (tertiary/aromatic N) is 1. The Morgan fingerprint density at radius 2 is 2.05 bits per heavy atom. The van der Waals surface area contributed by atoms with Crippen molar-refractivity contribution < 1.29 is 9.66 Å². The Labute approximate surface area is 119 Å². The Kier molecular flexibility index (Phi) is 4.47. The average Bonchev–Trinajstić information content (AvgIpc) is 2.24. The maximum Gasteiger partial charge on any atom is 0.333 e. The van der Waals surface area contributed by atoms with Gasteiger partial charge in [-0.25, -0.2) is 0 Å². The van der Waals surface area contributed by atoms with E-state index < -0.39 is 0 Å². The molecule has 0 aliphatic heterocycles. The summed E-state index contributed by atoms with van der Waals surface area (Å²) in [5.74, 6) is 0.945. The number of anilines is 1. The van der Waals surface area contributed by atoms with Crippen molar-refractivity contribution in [2.75, 3.05) is 5.32 Å². The first kappa shape index (κ1) is 14.6. The van der Waals surface area contributed by atoms with E-state index in [1.54, 1.807) is 18.2 Å². The molecule has 1 N–H and O–H groups in total. The third-order valence-corrected chi connectivity index (χ3v) is 3.78. The molecule has 1 fully saturated rings. The highest BCUT2D eigenvalue weighted by Crippen LogP contribution is 2.38. The number of nitro groups is 1. The van der Waals surface area contributed by atoms with Gasteiger partial charge in [0.1, 0.15) is 5.69 Å². The van der Waals surface area contributed by atoms with Crippen molar-refractivity contribution in [3.05, 3.63) is 28.3 Å². The van der Waals surface area contributed by atoms with E-state index in [-0.39, 0.29) is 22.8 Å². The Morgan fingerprint density at radius 1 is 1.35 bits per heavy atom. The lowest BCUT2D eigenvalue weighted by molar-refractivity contribution is -0.385. The molecule has 2 rings (SSSR count). The number of nitrogens with one attached hydrogen (secondary N) is 1. The number of hydrogen-bond acceptors (Lipinski definition) is 4. The maximum atomic E-state index is 11.3. The molecule has 1 aromatic carbocycles. The highest BCUT2D eigenvalue weighted by atomic mass is 16.6. The van der Waals surface area contributed by atoms with Crippen LogP contribution in [0.15, 0.2) is 18.2 Å². The van der Waals surface area contributed by atoms with Crippen LogP contribution in [0.25, 0.3) is 0 Å². The smallest absolute Gasteiger partial charge is 0.333 e. The number of ether oxygens (including phenoxy) is 1. The van der Waals surface area contributed by atoms with Crippen molar-refractivity contribution in [1.82, 2.24) is 0 Å². The molecule has 0 radical (unpaired) electrons. The second kappa shape index (κ2) is 6.11. The quantitative estimate of drug-likeness (QED) is 0.631. The standard InChI is InChI=1S/C15H22N2O3/c1-10(2)20-14-9-5-8-13(15(14)17(18)19)16-11(3)12-6-4-7-12/h5,8-12,16H,4,6-7H2,1-3H3. The largest absolute Gasteiger partial charge is 0.484 e. The summed E-state index contributed by atoms with van der Waals surface area (Å²) >= 11 is 0. The first-order valence-electron chi connectivity index (χ1n) is 7.19. The second-order valence-corrected chi connectivity index (χ2v) is 5.70. The van der Waals surface area contributed by atoms with Crippen LogP contribution in [0.5, 0.6) is 5.75 Å². The van der Waals surface area contributed by atoms with Gasteiger partial charge in [0.05, 0.1) is 11.0 Å². The van der Waals surface area contributed by atoms with Gasteiger partial charge < -0.3 is 10.1 Å². The van der Waals surface area contributed by atoms with Crippen LogP contribution in [0.4, 0.5) is 11.4 Å². The highest BCUT2D eigenvalue weighted by molar-refractivity contribution is 5.68. The third-order valence-electron chi connectivity index (χ3n) is 3.78. The van der Waals surface area contributed by atoms with E-state index in [1.807, 2.05) is 13.8 Å². The molecule has 5 heteroatoms. The van der Waals surface area contributed by atoms with Crippen LogP contribution in [-0.4, -0.2) is 17.1 Å². The van der Waals surface area contributed by atoms with E-state index in [4.69, 9.17) is 4.74 Å². The topological polar surface area (TPSA) is 64.4 Å². The van der Waals surface area contributed by atoms with Gasteiger partial charge in [-0.05, 0) is 51.7 Å². The van der Waals surface area contributed by atoms with Gasteiger partial charge >= 0.3 is 5.69 Å². The van der Waals surface area contributed by atoms with E-state index in [0.29, 0.717) is 17.4 Å². The van der Waals surface area contributed by atoms with E-state index in [1.165, 1.54) is 19.3 Å². The van der Waals surface area contributed by atoms with Crippen LogP contribution in [0.3, 0.4) is 0 Å². The van der Waals surface area contributed by atoms with Gasteiger partial charge in [0, 0.05) is 6.04 Å². The minimum atomic E-state index is -0.368. The van der Waals surface area contributed by atoms with Crippen molar-refractivity contribution in [1.29, 1.82) is 0 Å². The molecule has 0 aromatic heterocycles. The van der Waals surface area contributed by atoms with E-state index in [0.717, 1.165) is 0 Å². The van der Waals surface area contributed by atoms with Crippen molar-refractivity contribution in [3.8, 4) is 5.75 Å². The van der Waals surface area contributed by atoms with Crippen molar-refractivity contribution in [3.63, 3.8) is 0 Å². The van der Waals surface area contributed by atoms with Crippen molar-refractivity contribution in [2.45, 2.75) is 52.2 Å². The molecule has 1 aliphatic rings. The molecule has 20 heavy (non-hydrogen) atoms. The van der Waals surface area contributed by atoms with Gasteiger partial charge in [-0.15, -0.1) is 0 Å². The molecule has 5 nitrogen and oxygen atoms in total. The summed E-state index contributed by atoms with van der Waals surface area (Å²) in [6.45, 7) is 5.81. The monoisotopic (exact) mass is 278 g/mol. The second-order valence-electron chi connectivity index (χ2n) is 5.70. The average molecular weight is 278 g/mol. The minimum Gasteiger partial charge on any atom is -0.484 e. The van der Waals surface area contributed by atoms with Crippen LogP contribution < -0.4 is 10.1 Å². The van der Waals surface area contributed by atoms with E-state index >= 15 is 0 Å². The molecular weight excluding hydrogens is 256 g/mol. The molecule has 1 saturated carbocycles. The predicted molar refractivity (Wildman–Crippen MR) is 79.3 cm³/mol. The number of hydrogen-bond donors (Lipinski definition) is 1. The summed E-state index contributed by atoms with van der Waals surface area (Å²) in [4.78, 5) is 11.0. The molecule has 110 valence electrons. The number of benzene rings is 1. The van der Waals surface area contributed by atoms with Crippen LogP contribution in [-0.2, 0) is 0 Å². The molecular formula is C15H22N2O3. The lowest BCUT2D eigenvalue weighted by Gasteiger charge is -2.32. The Hall–Kier alpha value is -1.78. The van der Waals surface area contributed by atoms with Gasteiger partial charge in [0.25, 0.3) is 0 Å². The molecule has 1 aliphatic carbocycles. The van der Waals surface area contributed by atoms with E-state index in [9.17, 15) is 10.1 Å². The van der Waals surface area contributed by atoms with Crippen LogP contribution in [0.2, 0.25) is 0 Å². The zero-order valence-electron chi connectivity index (χ0n) is 12.3. The van der Waals surface area contributed by atoms with Gasteiger partial charge in [0.15, 0.2) is 5.75 Å². The molecule has 0 spiro atoms. The minimum absolute atomic E-state index is 0.0346. The van der Waals surface area contributed by atoms with Crippen LogP contribution in [0, 0.1) is 16.0 Å². The number of nitro benzene ring substituents is 1. The maximum absolute atomic E-state index is 11.3. The van der Waals surface area contributed by atoms with Crippen LogP contribution >= 0.6 is 0 Å². The zero-order valence-corrected chi connectivity index (χ0v) is 12.3. The lowest BCUT2D eigenvalue weighted by Crippen LogP contribution is -2.31. The fourth-order valence-electron chi connectivity index (χ4n) is 2.48. The predicted octanol–water partition coefficient (Wildman–Crippen LogP) is 3.98. The zero-order chi connectivity index (χ0) is 14.7. The van der Waals surface area contributed by atoms with Gasteiger partial charge in [0.2, 0.25) is 0 Å². The van der Waals surface area contributed by atoms with Gasteiger partial charge in [-0.3, -0.25) is 10.1 Å². The molecule has 1 atom stereocenters. The summed E-state index contributed by atoms with van der Waals surface area (Å²) < 4.78 is 5.55. The summed E-state index contributed by atoms with van der Waals surface area (Å²) in [5, 5.41) is 14.6. The summed E-state index contributed by atoms with van der Waals surface area (Å²) in [6.07, 6.45) is 3.57. The lowest BCUT2D eigenvalue weighted by atomic mass is 9.80. The normalized spacial score (nSPS) is 16.6. The highest BCUT2D eigenvalue weighted by Gasteiger charge is 2.27. The number of rotatable bonds is 6. The third kappa shape index (κ3) is 3.21.